The third-order valence-corrected chi connectivity index (χ3v) is 5.04. The molecule has 1 amide bonds. The van der Waals surface area contributed by atoms with Gasteiger partial charge >= 0.3 is 0 Å². The molecule has 1 atom stereocenters. The number of benzene rings is 2. The van der Waals surface area contributed by atoms with E-state index in [4.69, 9.17) is 4.74 Å². The molecule has 0 saturated carbocycles. The van der Waals surface area contributed by atoms with Crippen LogP contribution in [0.4, 0.5) is 4.39 Å². The maximum absolute atomic E-state index is 13.9. The van der Waals surface area contributed by atoms with Gasteiger partial charge in [0.05, 0.1) is 13.2 Å². The van der Waals surface area contributed by atoms with Gasteiger partial charge < -0.3 is 15.0 Å². The second kappa shape index (κ2) is 8.89. The largest absolute Gasteiger partial charge is 0.497 e. The van der Waals surface area contributed by atoms with E-state index in [1.807, 2.05) is 24.3 Å². The Morgan fingerprint density at radius 3 is 2.61 bits per heavy atom. The van der Waals surface area contributed by atoms with Gasteiger partial charge in [-0.2, -0.15) is 0 Å². The number of carbonyl (C=O) groups excluding carboxylic acids is 1. The Bertz CT molecular complexity index is 950. The molecule has 2 aromatic carbocycles. The highest BCUT2D eigenvalue weighted by Crippen LogP contribution is 2.24. The molecule has 1 aromatic heterocycles. The summed E-state index contributed by atoms with van der Waals surface area (Å²) in [5.74, 6) is 0.188. The molecule has 3 aromatic rings. The van der Waals surface area contributed by atoms with Crippen molar-refractivity contribution in [1.82, 2.24) is 15.2 Å². The van der Waals surface area contributed by atoms with Crippen molar-refractivity contribution in [3.8, 4) is 5.75 Å². The lowest BCUT2D eigenvalue weighted by atomic mass is 10.0. The fourth-order valence-corrected chi connectivity index (χ4v) is 3.50. The number of likely N-dealkylation sites (N-methyl/N-ethyl adjacent to an activating group) is 1. The van der Waals surface area contributed by atoms with Crippen LogP contribution in [0.3, 0.4) is 0 Å². The Morgan fingerprint density at radius 2 is 1.93 bits per heavy atom. The molecular formula is C22H26FN3O2. The molecular weight excluding hydrogens is 357 g/mol. The summed E-state index contributed by atoms with van der Waals surface area (Å²) in [4.78, 5) is 17.9. The molecule has 6 heteroatoms. The van der Waals surface area contributed by atoms with E-state index in [0.29, 0.717) is 23.1 Å². The van der Waals surface area contributed by atoms with Gasteiger partial charge in [-0.25, -0.2) is 4.39 Å². The van der Waals surface area contributed by atoms with Crippen LogP contribution in [0, 0.1) is 5.82 Å². The van der Waals surface area contributed by atoms with Crippen LogP contribution in [-0.2, 0) is 0 Å². The van der Waals surface area contributed by atoms with Crippen molar-refractivity contribution in [2.24, 2.45) is 0 Å². The Balaban J connectivity index is 1.80. The van der Waals surface area contributed by atoms with Crippen LogP contribution in [-0.4, -0.2) is 42.5 Å². The summed E-state index contributed by atoms with van der Waals surface area (Å²) >= 11 is 0. The predicted molar refractivity (Wildman–Crippen MR) is 109 cm³/mol. The first kappa shape index (κ1) is 19.9. The number of nitrogens with zero attached hydrogens (tertiary/aromatic N) is 1. The van der Waals surface area contributed by atoms with E-state index in [-0.39, 0.29) is 17.8 Å². The number of halogens is 1. The fraction of sp³-hybridized carbons (Fsp3) is 0.318. The summed E-state index contributed by atoms with van der Waals surface area (Å²) in [5, 5.41) is 3.41. The number of hydrogen-bond donors (Lipinski definition) is 2. The molecule has 2 N–H and O–H groups in total. The Labute approximate surface area is 164 Å². The number of amides is 1. The van der Waals surface area contributed by atoms with Gasteiger partial charge in [-0.1, -0.05) is 32.0 Å². The Kier molecular flexibility index (Phi) is 6.31. The lowest BCUT2D eigenvalue weighted by Gasteiger charge is -2.30. The van der Waals surface area contributed by atoms with Crippen LogP contribution in [0.15, 0.2) is 48.5 Å². The zero-order valence-electron chi connectivity index (χ0n) is 16.5. The lowest BCUT2D eigenvalue weighted by Crippen LogP contribution is -2.38. The summed E-state index contributed by atoms with van der Waals surface area (Å²) in [6.45, 7) is 6.33. The second-order valence-corrected chi connectivity index (χ2v) is 6.61. The zero-order valence-corrected chi connectivity index (χ0v) is 16.5. The van der Waals surface area contributed by atoms with Crippen molar-refractivity contribution in [1.29, 1.82) is 0 Å². The van der Waals surface area contributed by atoms with Crippen molar-refractivity contribution < 1.29 is 13.9 Å². The summed E-state index contributed by atoms with van der Waals surface area (Å²) in [6, 6.07) is 14.2. The molecule has 0 aliphatic heterocycles. The number of aromatic nitrogens is 1. The first-order valence-corrected chi connectivity index (χ1v) is 9.50. The molecule has 5 nitrogen and oxygen atoms in total. The number of rotatable bonds is 8. The normalized spacial score (nSPS) is 12.3. The summed E-state index contributed by atoms with van der Waals surface area (Å²) in [7, 11) is 1.64. The van der Waals surface area contributed by atoms with Gasteiger partial charge in [0.2, 0.25) is 0 Å². The summed E-state index contributed by atoms with van der Waals surface area (Å²) in [6.07, 6.45) is 0. The predicted octanol–water partition coefficient (Wildman–Crippen LogP) is 4.13. The fourth-order valence-electron chi connectivity index (χ4n) is 3.50. The van der Waals surface area contributed by atoms with Crippen LogP contribution in [0.1, 0.15) is 35.9 Å². The van der Waals surface area contributed by atoms with Gasteiger partial charge in [0.15, 0.2) is 0 Å². The Morgan fingerprint density at radius 1 is 1.18 bits per heavy atom. The van der Waals surface area contributed by atoms with Crippen molar-refractivity contribution in [2.45, 2.75) is 19.9 Å². The van der Waals surface area contributed by atoms with E-state index in [0.717, 1.165) is 24.4 Å². The number of ether oxygens (including phenoxy) is 1. The van der Waals surface area contributed by atoms with Crippen molar-refractivity contribution in [2.75, 3.05) is 26.7 Å². The van der Waals surface area contributed by atoms with Crippen molar-refractivity contribution >= 4 is 16.8 Å². The number of methoxy groups -OCH3 is 1. The van der Waals surface area contributed by atoms with E-state index in [1.54, 1.807) is 25.3 Å². The zero-order chi connectivity index (χ0) is 20.1. The molecule has 0 aliphatic carbocycles. The molecule has 0 spiro atoms. The first-order chi connectivity index (χ1) is 13.6. The molecule has 0 saturated heterocycles. The summed E-state index contributed by atoms with van der Waals surface area (Å²) in [5.41, 5.74) is 2.04. The minimum atomic E-state index is -0.342. The molecule has 0 fully saturated rings. The third kappa shape index (κ3) is 4.17. The van der Waals surface area contributed by atoms with Crippen LogP contribution in [0.25, 0.3) is 10.9 Å². The molecule has 1 heterocycles. The van der Waals surface area contributed by atoms with Gasteiger partial charge in [0, 0.05) is 17.4 Å². The topological polar surface area (TPSA) is 57.4 Å². The highest BCUT2D eigenvalue weighted by Gasteiger charge is 2.20. The van der Waals surface area contributed by atoms with Gasteiger partial charge in [0.1, 0.15) is 17.3 Å². The lowest BCUT2D eigenvalue weighted by molar-refractivity contribution is 0.0931. The maximum Gasteiger partial charge on any atom is 0.267 e. The van der Waals surface area contributed by atoms with E-state index >= 15 is 0 Å². The number of fused-ring (bicyclic) bond motifs is 1. The highest BCUT2D eigenvalue weighted by atomic mass is 19.1. The number of carbonyl (C=O) groups is 1. The molecule has 3 rings (SSSR count). The first-order valence-electron chi connectivity index (χ1n) is 9.50. The van der Waals surface area contributed by atoms with Crippen molar-refractivity contribution in [3.05, 3.63) is 65.6 Å². The standard InChI is InChI=1S/C22H26FN3O2/c1-4-26(5-2)21(15-8-6-9-16(12-15)28-3)14-24-22(27)20-13-17-18(23)10-7-11-19(17)25-20/h6-13,21,25H,4-5,14H2,1-3H3,(H,24,27). The van der Waals surface area contributed by atoms with Gasteiger partial charge in [-0.05, 0) is 49.0 Å². The highest BCUT2D eigenvalue weighted by molar-refractivity contribution is 5.98. The Hall–Kier alpha value is -2.86. The number of H-pyrrole nitrogens is 1. The molecule has 28 heavy (non-hydrogen) atoms. The maximum atomic E-state index is 13.9. The van der Waals surface area contributed by atoms with E-state index in [9.17, 15) is 9.18 Å². The molecule has 0 bridgehead atoms. The average molecular weight is 383 g/mol. The second-order valence-electron chi connectivity index (χ2n) is 6.61. The molecule has 0 aliphatic rings. The van der Waals surface area contributed by atoms with E-state index in [1.165, 1.54) is 6.07 Å². The smallest absolute Gasteiger partial charge is 0.267 e. The summed E-state index contributed by atoms with van der Waals surface area (Å²) < 4.78 is 19.2. The molecule has 1 unspecified atom stereocenters. The SMILES string of the molecule is CCN(CC)C(CNC(=O)c1cc2c(F)cccc2[nH]1)c1cccc(OC)c1. The van der Waals surface area contributed by atoms with Gasteiger partial charge in [0.25, 0.3) is 5.91 Å². The number of hydrogen-bond acceptors (Lipinski definition) is 3. The molecule has 0 radical (unpaired) electrons. The number of nitrogens with one attached hydrogen (secondary N) is 2. The van der Waals surface area contributed by atoms with Crippen LogP contribution < -0.4 is 10.1 Å². The number of aromatic amines is 1. The quantitative estimate of drug-likeness (QED) is 0.615. The van der Waals surface area contributed by atoms with Crippen LogP contribution in [0.2, 0.25) is 0 Å². The monoisotopic (exact) mass is 383 g/mol. The third-order valence-electron chi connectivity index (χ3n) is 5.04. The molecule has 148 valence electrons. The van der Waals surface area contributed by atoms with E-state index < -0.39 is 0 Å². The van der Waals surface area contributed by atoms with Crippen molar-refractivity contribution in [3.63, 3.8) is 0 Å². The average Bonchev–Trinajstić information content (AvgIpc) is 3.17. The van der Waals surface area contributed by atoms with Crippen LogP contribution >= 0.6 is 0 Å². The minimum absolute atomic E-state index is 0.00941. The van der Waals surface area contributed by atoms with E-state index in [2.05, 4.69) is 29.0 Å². The van der Waals surface area contributed by atoms with Gasteiger partial charge in [-0.3, -0.25) is 9.69 Å². The minimum Gasteiger partial charge on any atom is -0.497 e. The van der Waals surface area contributed by atoms with Crippen LogP contribution in [0.5, 0.6) is 5.75 Å². The van der Waals surface area contributed by atoms with Gasteiger partial charge in [-0.15, -0.1) is 0 Å².